The van der Waals surface area contributed by atoms with Crippen LogP contribution in [-0.2, 0) is 0 Å². The largest absolute Gasteiger partial charge is 0.283 e. The predicted molar refractivity (Wildman–Crippen MR) is 87.0 cm³/mol. The molecule has 2 heteroatoms. The van der Waals surface area contributed by atoms with Crippen molar-refractivity contribution in [1.29, 1.82) is 0 Å². The van der Waals surface area contributed by atoms with E-state index in [-0.39, 0.29) is 0 Å². The molecule has 0 spiro atoms. The van der Waals surface area contributed by atoms with Gasteiger partial charge in [0.2, 0.25) is 0 Å². The molecule has 0 amide bonds. The smallest absolute Gasteiger partial charge is 0.0904 e. The van der Waals surface area contributed by atoms with Crippen molar-refractivity contribution in [2.45, 2.75) is 13.8 Å². The van der Waals surface area contributed by atoms with E-state index in [1.165, 1.54) is 0 Å². The summed E-state index contributed by atoms with van der Waals surface area (Å²) in [5.74, 6) is 0. The second-order valence-corrected chi connectivity index (χ2v) is 4.38. The number of rotatable bonds is 5. The first kappa shape index (κ1) is 14.2. The lowest BCUT2D eigenvalue weighted by atomic mass is 9.99. The third-order valence-electron chi connectivity index (χ3n) is 2.95. The first-order valence-corrected chi connectivity index (χ1v) is 7.07. The van der Waals surface area contributed by atoms with Gasteiger partial charge in [-0.3, -0.25) is 9.98 Å². The lowest BCUT2D eigenvalue weighted by Crippen LogP contribution is -2.18. The highest BCUT2D eigenvalue weighted by atomic mass is 14.8. The molecule has 102 valence electrons. The minimum absolute atomic E-state index is 0.750. The van der Waals surface area contributed by atoms with Crippen LogP contribution >= 0.6 is 0 Å². The van der Waals surface area contributed by atoms with Crippen LogP contribution in [0.15, 0.2) is 70.6 Å². The monoisotopic (exact) mass is 264 g/mol. The molecule has 0 unspecified atom stereocenters. The van der Waals surface area contributed by atoms with Gasteiger partial charge in [0.1, 0.15) is 0 Å². The maximum atomic E-state index is 4.68. The second kappa shape index (κ2) is 7.39. The van der Waals surface area contributed by atoms with Crippen LogP contribution in [0, 0.1) is 0 Å². The van der Waals surface area contributed by atoms with E-state index < -0.39 is 0 Å². The molecule has 0 aromatic heterocycles. The van der Waals surface area contributed by atoms with Gasteiger partial charge < -0.3 is 0 Å². The van der Waals surface area contributed by atoms with Crippen molar-refractivity contribution >= 4 is 11.4 Å². The SMILES string of the molecule is CCN=C(C(=NCC)c1ccccc1)c1ccccc1. The minimum Gasteiger partial charge on any atom is -0.283 e. The molecule has 2 nitrogen and oxygen atoms in total. The molecule has 0 aliphatic carbocycles. The molecule has 2 aromatic carbocycles. The van der Waals surface area contributed by atoms with Crippen molar-refractivity contribution in [2.75, 3.05) is 13.1 Å². The predicted octanol–water partition coefficient (Wildman–Crippen LogP) is 4.00. The molecule has 0 fully saturated rings. The lowest BCUT2D eigenvalue weighted by molar-refractivity contribution is 1.12. The van der Waals surface area contributed by atoms with Gasteiger partial charge >= 0.3 is 0 Å². The zero-order valence-corrected chi connectivity index (χ0v) is 12.1. The third kappa shape index (κ3) is 3.41. The van der Waals surface area contributed by atoms with Crippen molar-refractivity contribution in [1.82, 2.24) is 0 Å². The fraction of sp³-hybridized carbons (Fsp3) is 0.222. The molecule has 2 rings (SSSR count). The van der Waals surface area contributed by atoms with Crippen molar-refractivity contribution < 1.29 is 0 Å². The maximum Gasteiger partial charge on any atom is 0.0904 e. The summed E-state index contributed by atoms with van der Waals surface area (Å²) in [5.41, 5.74) is 4.18. The molecule has 0 aliphatic rings. The summed E-state index contributed by atoms with van der Waals surface area (Å²) < 4.78 is 0. The van der Waals surface area contributed by atoms with E-state index in [0.717, 1.165) is 35.6 Å². The molecule has 2 aromatic rings. The Hall–Kier alpha value is -2.22. The highest BCUT2D eigenvalue weighted by Gasteiger charge is 2.12. The Kier molecular flexibility index (Phi) is 5.24. The van der Waals surface area contributed by atoms with E-state index in [1.807, 2.05) is 36.4 Å². The molecular formula is C18H20N2. The standard InChI is InChI=1S/C18H20N2/c1-3-19-17(15-11-7-5-8-12-15)18(20-4-2)16-13-9-6-10-14-16/h5-14H,3-4H2,1-2H3. The Morgan fingerprint density at radius 1 is 0.650 bits per heavy atom. The average Bonchev–Trinajstić information content (AvgIpc) is 2.52. The van der Waals surface area contributed by atoms with Crippen LogP contribution in [0.4, 0.5) is 0 Å². The van der Waals surface area contributed by atoms with Crippen LogP contribution in [0.5, 0.6) is 0 Å². The topological polar surface area (TPSA) is 24.7 Å². The average molecular weight is 264 g/mol. The molecule has 0 bridgehead atoms. The fourth-order valence-corrected chi connectivity index (χ4v) is 2.11. The van der Waals surface area contributed by atoms with Crippen LogP contribution in [0.25, 0.3) is 0 Å². The lowest BCUT2D eigenvalue weighted by Gasteiger charge is -2.11. The normalized spacial score (nSPS) is 12.5. The van der Waals surface area contributed by atoms with E-state index in [9.17, 15) is 0 Å². The van der Waals surface area contributed by atoms with Gasteiger partial charge in [-0.15, -0.1) is 0 Å². The number of nitrogens with zero attached hydrogens (tertiary/aromatic N) is 2. The minimum atomic E-state index is 0.750. The van der Waals surface area contributed by atoms with Gasteiger partial charge in [-0.1, -0.05) is 60.7 Å². The molecule has 0 heterocycles. The zero-order chi connectivity index (χ0) is 14.2. The number of aliphatic imine (C=N–C) groups is 2. The van der Waals surface area contributed by atoms with Crippen LogP contribution in [-0.4, -0.2) is 24.5 Å². The van der Waals surface area contributed by atoms with Crippen LogP contribution < -0.4 is 0 Å². The quantitative estimate of drug-likeness (QED) is 0.729. The maximum absolute atomic E-state index is 4.68. The summed E-state index contributed by atoms with van der Waals surface area (Å²) in [6.45, 7) is 5.61. The Morgan fingerprint density at radius 2 is 1.00 bits per heavy atom. The molecule has 0 saturated carbocycles. The van der Waals surface area contributed by atoms with E-state index >= 15 is 0 Å². The Labute approximate surface area is 120 Å². The Balaban J connectivity index is 2.51. The van der Waals surface area contributed by atoms with Crippen molar-refractivity contribution in [3.63, 3.8) is 0 Å². The molecular weight excluding hydrogens is 244 g/mol. The zero-order valence-electron chi connectivity index (χ0n) is 12.1. The van der Waals surface area contributed by atoms with Crippen LogP contribution in [0.3, 0.4) is 0 Å². The van der Waals surface area contributed by atoms with E-state index in [1.54, 1.807) is 0 Å². The highest BCUT2D eigenvalue weighted by Crippen LogP contribution is 2.10. The second-order valence-electron chi connectivity index (χ2n) is 4.38. The van der Waals surface area contributed by atoms with Crippen molar-refractivity contribution in [3.8, 4) is 0 Å². The van der Waals surface area contributed by atoms with Crippen LogP contribution in [0.1, 0.15) is 25.0 Å². The summed E-state index contributed by atoms with van der Waals surface area (Å²) in [5, 5.41) is 0. The van der Waals surface area contributed by atoms with Gasteiger partial charge in [0, 0.05) is 24.2 Å². The van der Waals surface area contributed by atoms with E-state index in [0.29, 0.717) is 0 Å². The summed E-state index contributed by atoms with van der Waals surface area (Å²) in [6, 6.07) is 20.5. The van der Waals surface area contributed by atoms with Crippen molar-refractivity contribution in [2.24, 2.45) is 9.98 Å². The van der Waals surface area contributed by atoms with Crippen LogP contribution in [0.2, 0.25) is 0 Å². The first-order chi connectivity index (χ1) is 9.86. The molecule has 20 heavy (non-hydrogen) atoms. The van der Waals surface area contributed by atoms with Gasteiger partial charge in [-0.05, 0) is 13.8 Å². The summed E-state index contributed by atoms with van der Waals surface area (Å²) >= 11 is 0. The first-order valence-electron chi connectivity index (χ1n) is 7.07. The van der Waals surface area contributed by atoms with E-state index in [4.69, 9.17) is 0 Å². The van der Waals surface area contributed by atoms with Gasteiger partial charge in [-0.2, -0.15) is 0 Å². The van der Waals surface area contributed by atoms with Gasteiger partial charge in [0.25, 0.3) is 0 Å². The molecule has 0 N–H and O–H groups in total. The fourth-order valence-electron chi connectivity index (χ4n) is 2.11. The van der Waals surface area contributed by atoms with Crippen molar-refractivity contribution in [3.05, 3.63) is 71.8 Å². The Bertz CT molecular complexity index is 528. The number of hydrogen-bond donors (Lipinski definition) is 0. The Morgan fingerprint density at radius 3 is 1.30 bits per heavy atom. The summed E-state index contributed by atoms with van der Waals surface area (Å²) in [7, 11) is 0. The highest BCUT2D eigenvalue weighted by molar-refractivity contribution is 6.53. The van der Waals surface area contributed by atoms with Gasteiger partial charge in [0.05, 0.1) is 11.4 Å². The molecule has 0 radical (unpaired) electrons. The summed E-state index contributed by atoms with van der Waals surface area (Å²) in [6.07, 6.45) is 0. The molecule has 0 aliphatic heterocycles. The number of benzene rings is 2. The van der Waals surface area contributed by atoms with Gasteiger partial charge in [0.15, 0.2) is 0 Å². The molecule has 0 atom stereocenters. The molecule has 0 saturated heterocycles. The van der Waals surface area contributed by atoms with E-state index in [2.05, 4.69) is 48.1 Å². The summed E-state index contributed by atoms with van der Waals surface area (Å²) in [4.78, 5) is 9.35. The number of hydrogen-bond acceptors (Lipinski definition) is 2. The van der Waals surface area contributed by atoms with Gasteiger partial charge in [-0.25, -0.2) is 0 Å². The third-order valence-corrected chi connectivity index (χ3v) is 2.95.